The Morgan fingerprint density at radius 3 is 1.89 bits per heavy atom. The predicted molar refractivity (Wildman–Crippen MR) is 75.2 cm³/mol. The summed E-state index contributed by atoms with van der Waals surface area (Å²) in [6, 6.07) is 5.90. The Labute approximate surface area is 110 Å². The molecule has 0 radical (unpaired) electrons. The Hall–Kier alpha value is -1.22. The topological polar surface area (TPSA) is 44.5 Å². The third-order valence-corrected chi connectivity index (χ3v) is 3.54. The van der Waals surface area contributed by atoms with E-state index in [9.17, 15) is 0 Å². The van der Waals surface area contributed by atoms with Crippen LogP contribution >= 0.6 is 0 Å². The molecule has 0 amide bonds. The first-order valence-electron chi connectivity index (χ1n) is 6.63. The minimum Gasteiger partial charge on any atom is -0.497 e. The Kier molecular flexibility index (Phi) is 5.99. The fourth-order valence-corrected chi connectivity index (χ4v) is 2.16. The van der Waals surface area contributed by atoms with Crippen molar-refractivity contribution in [2.45, 2.75) is 39.2 Å². The molecule has 18 heavy (non-hydrogen) atoms. The second kappa shape index (κ2) is 7.27. The molecule has 102 valence electrons. The Morgan fingerprint density at radius 1 is 1.00 bits per heavy atom. The van der Waals surface area contributed by atoms with E-state index in [1.807, 2.05) is 18.2 Å². The van der Waals surface area contributed by atoms with Crippen LogP contribution in [0.15, 0.2) is 18.2 Å². The van der Waals surface area contributed by atoms with Crippen LogP contribution in [-0.2, 0) is 0 Å². The highest BCUT2D eigenvalue weighted by atomic mass is 16.5. The van der Waals surface area contributed by atoms with Crippen LogP contribution in [0.1, 0.15) is 44.7 Å². The summed E-state index contributed by atoms with van der Waals surface area (Å²) in [5, 5.41) is 0. The van der Waals surface area contributed by atoms with Crippen molar-refractivity contribution in [2.75, 3.05) is 14.2 Å². The predicted octanol–water partition coefficient (Wildman–Crippen LogP) is 3.53. The van der Waals surface area contributed by atoms with Gasteiger partial charge in [0, 0.05) is 12.1 Å². The Morgan fingerprint density at radius 2 is 1.50 bits per heavy atom. The van der Waals surface area contributed by atoms with Crippen LogP contribution in [0.25, 0.3) is 0 Å². The van der Waals surface area contributed by atoms with Gasteiger partial charge in [-0.05, 0) is 30.0 Å². The molecule has 3 heteroatoms. The lowest BCUT2D eigenvalue weighted by Gasteiger charge is -2.19. The minimum absolute atomic E-state index is 0.0406. The highest BCUT2D eigenvalue weighted by molar-refractivity contribution is 5.39. The van der Waals surface area contributed by atoms with E-state index >= 15 is 0 Å². The van der Waals surface area contributed by atoms with Gasteiger partial charge in [-0.25, -0.2) is 0 Å². The van der Waals surface area contributed by atoms with Crippen LogP contribution < -0.4 is 15.2 Å². The summed E-state index contributed by atoms with van der Waals surface area (Å²) >= 11 is 0. The van der Waals surface area contributed by atoms with Crippen molar-refractivity contribution in [1.29, 1.82) is 0 Å². The van der Waals surface area contributed by atoms with Crippen molar-refractivity contribution in [3.63, 3.8) is 0 Å². The molecule has 1 atom stereocenters. The van der Waals surface area contributed by atoms with Crippen LogP contribution in [0.3, 0.4) is 0 Å². The van der Waals surface area contributed by atoms with E-state index in [-0.39, 0.29) is 6.04 Å². The second-order valence-electron chi connectivity index (χ2n) is 4.67. The van der Waals surface area contributed by atoms with E-state index in [1.165, 1.54) is 12.8 Å². The zero-order chi connectivity index (χ0) is 13.5. The molecule has 2 N–H and O–H groups in total. The number of benzene rings is 1. The zero-order valence-electron chi connectivity index (χ0n) is 11.9. The van der Waals surface area contributed by atoms with Gasteiger partial charge in [0.05, 0.1) is 14.2 Å². The molecule has 1 unspecified atom stereocenters. The molecule has 0 heterocycles. The molecular formula is C15H25NO2. The number of methoxy groups -OCH3 is 2. The van der Waals surface area contributed by atoms with E-state index < -0.39 is 0 Å². The summed E-state index contributed by atoms with van der Waals surface area (Å²) in [7, 11) is 3.32. The number of ether oxygens (including phenoxy) is 2. The average Bonchev–Trinajstić information content (AvgIpc) is 2.43. The van der Waals surface area contributed by atoms with Crippen LogP contribution in [0.4, 0.5) is 0 Å². The van der Waals surface area contributed by atoms with E-state index in [0.717, 1.165) is 23.5 Å². The van der Waals surface area contributed by atoms with Crippen molar-refractivity contribution in [3.8, 4) is 11.5 Å². The summed E-state index contributed by atoms with van der Waals surface area (Å²) in [5.74, 6) is 2.27. The molecule has 1 rings (SSSR count). The average molecular weight is 251 g/mol. The lowest BCUT2D eigenvalue weighted by Crippen LogP contribution is -2.15. The molecule has 0 fully saturated rings. The van der Waals surface area contributed by atoms with Gasteiger partial charge in [0.1, 0.15) is 11.5 Å². The number of hydrogen-bond donors (Lipinski definition) is 1. The van der Waals surface area contributed by atoms with Gasteiger partial charge in [0.15, 0.2) is 0 Å². The second-order valence-corrected chi connectivity index (χ2v) is 4.67. The molecule has 0 aliphatic rings. The van der Waals surface area contributed by atoms with Gasteiger partial charge in [-0.1, -0.05) is 26.7 Å². The third-order valence-electron chi connectivity index (χ3n) is 3.54. The monoisotopic (exact) mass is 251 g/mol. The molecule has 0 aromatic heterocycles. The molecule has 0 saturated carbocycles. The van der Waals surface area contributed by atoms with Crippen LogP contribution in [0.2, 0.25) is 0 Å². The highest BCUT2D eigenvalue weighted by Crippen LogP contribution is 2.29. The summed E-state index contributed by atoms with van der Waals surface area (Å²) in [6.07, 6.45) is 3.35. The SMILES string of the molecule is CCC(CC)CC(N)c1cc(OC)cc(OC)c1. The lowest BCUT2D eigenvalue weighted by atomic mass is 9.91. The van der Waals surface area contributed by atoms with E-state index in [4.69, 9.17) is 15.2 Å². The zero-order valence-corrected chi connectivity index (χ0v) is 11.9. The summed E-state index contributed by atoms with van der Waals surface area (Å²) in [5.41, 5.74) is 7.36. The van der Waals surface area contributed by atoms with Gasteiger partial charge >= 0.3 is 0 Å². The first kappa shape index (κ1) is 14.8. The first-order valence-corrected chi connectivity index (χ1v) is 6.63. The van der Waals surface area contributed by atoms with Crippen LogP contribution in [0, 0.1) is 5.92 Å². The fraction of sp³-hybridized carbons (Fsp3) is 0.600. The molecule has 0 spiro atoms. The van der Waals surface area contributed by atoms with Crippen molar-refractivity contribution < 1.29 is 9.47 Å². The van der Waals surface area contributed by atoms with Crippen molar-refractivity contribution in [1.82, 2.24) is 0 Å². The molecular weight excluding hydrogens is 226 g/mol. The van der Waals surface area contributed by atoms with Crippen molar-refractivity contribution in [3.05, 3.63) is 23.8 Å². The number of nitrogens with two attached hydrogens (primary N) is 1. The van der Waals surface area contributed by atoms with E-state index in [2.05, 4.69) is 13.8 Å². The van der Waals surface area contributed by atoms with Crippen molar-refractivity contribution >= 4 is 0 Å². The molecule has 3 nitrogen and oxygen atoms in total. The molecule has 0 aliphatic carbocycles. The van der Waals surface area contributed by atoms with Crippen LogP contribution in [0.5, 0.6) is 11.5 Å². The number of rotatable bonds is 7. The Bertz CT molecular complexity index is 339. The third kappa shape index (κ3) is 3.91. The Balaban J connectivity index is 2.86. The normalized spacial score (nSPS) is 12.6. The van der Waals surface area contributed by atoms with Gasteiger partial charge in [0.2, 0.25) is 0 Å². The molecule has 0 saturated heterocycles. The van der Waals surface area contributed by atoms with Crippen LogP contribution in [-0.4, -0.2) is 14.2 Å². The molecule has 1 aromatic carbocycles. The maximum Gasteiger partial charge on any atom is 0.122 e. The largest absolute Gasteiger partial charge is 0.497 e. The van der Waals surface area contributed by atoms with Gasteiger partial charge in [0.25, 0.3) is 0 Å². The van der Waals surface area contributed by atoms with E-state index in [0.29, 0.717) is 5.92 Å². The summed E-state index contributed by atoms with van der Waals surface area (Å²) in [4.78, 5) is 0. The standard InChI is InChI=1S/C15H25NO2/c1-5-11(6-2)7-15(16)12-8-13(17-3)10-14(9-12)18-4/h8-11,15H,5-7,16H2,1-4H3. The molecule has 1 aromatic rings. The van der Waals surface area contributed by atoms with Gasteiger partial charge in [-0.2, -0.15) is 0 Å². The summed E-state index contributed by atoms with van der Waals surface area (Å²) in [6.45, 7) is 4.43. The minimum atomic E-state index is 0.0406. The molecule has 0 bridgehead atoms. The lowest BCUT2D eigenvalue weighted by molar-refractivity contribution is 0.387. The molecule has 0 aliphatic heterocycles. The first-order chi connectivity index (χ1) is 8.64. The smallest absolute Gasteiger partial charge is 0.122 e. The number of hydrogen-bond acceptors (Lipinski definition) is 3. The highest BCUT2D eigenvalue weighted by Gasteiger charge is 2.14. The fourth-order valence-electron chi connectivity index (χ4n) is 2.16. The summed E-state index contributed by atoms with van der Waals surface area (Å²) < 4.78 is 10.5. The maximum atomic E-state index is 6.28. The van der Waals surface area contributed by atoms with Gasteiger partial charge in [-0.15, -0.1) is 0 Å². The van der Waals surface area contributed by atoms with Crippen molar-refractivity contribution in [2.24, 2.45) is 11.7 Å². The van der Waals surface area contributed by atoms with E-state index in [1.54, 1.807) is 14.2 Å². The van der Waals surface area contributed by atoms with Gasteiger partial charge < -0.3 is 15.2 Å². The quantitative estimate of drug-likeness (QED) is 0.806. The van der Waals surface area contributed by atoms with Gasteiger partial charge in [-0.3, -0.25) is 0 Å². The maximum absolute atomic E-state index is 6.28.